The highest BCUT2D eigenvalue weighted by Crippen LogP contribution is 2.23. The Morgan fingerprint density at radius 1 is 1.12 bits per heavy atom. The number of nitrogens with zero attached hydrogens (tertiary/aromatic N) is 1. The molecular formula is C14H25N3. The van der Waals surface area contributed by atoms with Crippen LogP contribution in [0.2, 0.25) is 0 Å². The topological polar surface area (TPSA) is 37.0 Å². The Labute approximate surface area is 105 Å². The van der Waals surface area contributed by atoms with Gasteiger partial charge in [-0.3, -0.25) is 0 Å². The fourth-order valence-electron chi connectivity index (χ4n) is 1.61. The molecule has 1 heterocycles. The molecule has 0 saturated heterocycles. The summed E-state index contributed by atoms with van der Waals surface area (Å²) in [6.45, 7) is 13.6. The number of hydrogen-bond donors (Lipinski definition) is 2. The van der Waals surface area contributed by atoms with E-state index in [0.29, 0.717) is 0 Å². The smallest absolute Gasteiger partial charge is 0.126 e. The van der Waals surface area contributed by atoms with Gasteiger partial charge >= 0.3 is 0 Å². The highest BCUT2D eigenvalue weighted by molar-refractivity contribution is 5.41. The van der Waals surface area contributed by atoms with Crippen LogP contribution in [0.4, 0.5) is 5.82 Å². The molecule has 0 bridgehead atoms. The van der Waals surface area contributed by atoms with Crippen molar-refractivity contribution in [2.24, 2.45) is 0 Å². The SMILES string of the molecule is CCNCc1cc(NCC)nc(C(C)(C)C)c1. The molecule has 1 aromatic rings. The van der Waals surface area contributed by atoms with Crippen molar-refractivity contribution in [2.45, 2.75) is 46.6 Å². The number of hydrogen-bond acceptors (Lipinski definition) is 3. The van der Waals surface area contributed by atoms with E-state index in [1.54, 1.807) is 0 Å². The zero-order chi connectivity index (χ0) is 12.9. The highest BCUT2D eigenvalue weighted by atomic mass is 15.0. The van der Waals surface area contributed by atoms with Crippen molar-refractivity contribution in [1.29, 1.82) is 0 Å². The lowest BCUT2D eigenvalue weighted by molar-refractivity contribution is 0.567. The molecule has 0 atom stereocenters. The van der Waals surface area contributed by atoms with E-state index in [0.717, 1.165) is 31.1 Å². The Balaban J connectivity index is 3.01. The molecule has 1 rings (SSSR count). The average molecular weight is 235 g/mol. The number of nitrogens with one attached hydrogen (secondary N) is 2. The molecule has 17 heavy (non-hydrogen) atoms. The van der Waals surface area contributed by atoms with Gasteiger partial charge in [0.1, 0.15) is 5.82 Å². The second-order valence-corrected chi connectivity index (χ2v) is 5.31. The van der Waals surface area contributed by atoms with Crippen LogP contribution in [-0.4, -0.2) is 18.1 Å². The van der Waals surface area contributed by atoms with Gasteiger partial charge in [0.2, 0.25) is 0 Å². The minimum absolute atomic E-state index is 0.0897. The summed E-state index contributed by atoms with van der Waals surface area (Å²) in [6.07, 6.45) is 0. The van der Waals surface area contributed by atoms with Crippen LogP contribution in [0.15, 0.2) is 12.1 Å². The lowest BCUT2D eigenvalue weighted by Gasteiger charge is -2.20. The van der Waals surface area contributed by atoms with Crippen molar-refractivity contribution < 1.29 is 0 Å². The van der Waals surface area contributed by atoms with E-state index in [9.17, 15) is 0 Å². The molecule has 0 amide bonds. The number of aromatic nitrogens is 1. The predicted molar refractivity (Wildman–Crippen MR) is 74.5 cm³/mol. The van der Waals surface area contributed by atoms with Gasteiger partial charge in [-0.15, -0.1) is 0 Å². The van der Waals surface area contributed by atoms with Crippen molar-refractivity contribution in [2.75, 3.05) is 18.4 Å². The molecule has 0 aliphatic rings. The maximum Gasteiger partial charge on any atom is 0.126 e. The van der Waals surface area contributed by atoms with E-state index < -0.39 is 0 Å². The van der Waals surface area contributed by atoms with E-state index in [2.05, 4.69) is 62.4 Å². The molecule has 0 spiro atoms. The van der Waals surface area contributed by atoms with Crippen LogP contribution in [0.1, 0.15) is 45.9 Å². The molecule has 0 aliphatic heterocycles. The van der Waals surface area contributed by atoms with E-state index >= 15 is 0 Å². The molecule has 96 valence electrons. The standard InChI is InChI=1S/C14H25N3/c1-6-15-10-11-8-12(14(3,4)5)17-13(9-11)16-7-2/h8-9,15H,6-7,10H2,1-5H3,(H,16,17). The summed E-state index contributed by atoms with van der Waals surface area (Å²) in [5.41, 5.74) is 2.53. The Bertz CT molecular complexity index is 353. The van der Waals surface area contributed by atoms with Gasteiger partial charge in [0.25, 0.3) is 0 Å². The van der Waals surface area contributed by atoms with Gasteiger partial charge in [0, 0.05) is 24.2 Å². The number of pyridine rings is 1. The van der Waals surface area contributed by atoms with Gasteiger partial charge in [0.15, 0.2) is 0 Å². The third-order valence-corrected chi connectivity index (χ3v) is 2.59. The minimum atomic E-state index is 0.0897. The first-order valence-electron chi connectivity index (χ1n) is 6.43. The first kappa shape index (κ1) is 14.0. The molecule has 1 aromatic heterocycles. The predicted octanol–water partition coefficient (Wildman–Crippen LogP) is 2.92. The Hall–Kier alpha value is -1.09. The molecule has 0 radical (unpaired) electrons. The summed E-state index contributed by atoms with van der Waals surface area (Å²) >= 11 is 0. The summed E-state index contributed by atoms with van der Waals surface area (Å²) in [4.78, 5) is 4.66. The number of anilines is 1. The summed E-state index contributed by atoms with van der Waals surface area (Å²) in [6, 6.07) is 4.32. The fourth-order valence-corrected chi connectivity index (χ4v) is 1.61. The highest BCUT2D eigenvalue weighted by Gasteiger charge is 2.16. The van der Waals surface area contributed by atoms with Gasteiger partial charge in [0.05, 0.1) is 0 Å². The summed E-state index contributed by atoms with van der Waals surface area (Å²) in [7, 11) is 0. The quantitative estimate of drug-likeness (QED) is 0.824. The van der Waals surface area contributed by atoms with Crippen LogP contribution in [0, 0.1) is 0 Å². The maximum atomic E-state index is 4.66. The largest absolute Gasteiger partial charge is 0.370 e. The van der Waals surface area contributed by atoms with E-state index in [1.807, 2.05) is 0 Å². The Morgan fingerprint density at radius 2 is 1.82 bits per heavy atom. The molecule has 0 fully saturated rings. The van der Waals surface area contributed by atoms with E-state index in [4.69, 9.17) is 0 Å². The second-order valence-electron chi connectivity index (χ2n) is 5.31. The van der Waals surface area contributed by atoms with Gasteiger partial charge in [-0.25, -0.2) is 4.98 Å². The summed E-state index contributed by atoms with van der Waals surface area (Å²) in [5.74, 6) is 0.979. The average Bonchev–Trinajstić information content (AvgIpc) is 2.25. The van der Waals surface area contributed by atoms with E-state index in [-0.39, 0.29) is 5.41 Å². The zero-order valence-corrected chi connectivity index (χ0v) is 11.7. The molecule has 0 aromatic carbocycles. The third kappa shape index (κ3) is 4.35. The first-order valence-corrected chi connectivity index (χ1v) is 6.43. The molecule has 3 heteroatoms. The van der Waals surface area contributed by atoms with Crippen molar-refractivity contribution in [3.8, 4) is 0 Å². The summed E-state index contributed by atoms with van der Waals surface area (Å²) < 4.78 is 0. The summed E-state index contributed by atoms with van der Waals surface area (Å²) in [5, 5.41) is 6.65. The van der Waals surface area contributed by atoms with Crippen molar-refractivity contribution in [3.05, 3.63) is 23.4 Å². The van der Waals surface area contributed by atoms with Crippen LogP contribution in [-0.2, 0) is 12.0 Å². The van der Waals surface area contributed by atoms with Crippen LogP contribution in [0.25, 0.3) is 0 Å². The lowest BCUT2D eigenvalue weighted by atomic mass is 9.90. The van der Waals surface area contributed by atoms with Crippen molar-refractivity contribution in [1.82, 2.24) is 10.3 Å². The van der Waals surface area contributed by atoms with Gasteiger partial charge in [-0.1, -0.05) is 27.7 Å². The van der Waals surface area contributed by atoms with Crippen LogP contribution < -0.4 is 10.6 Å². The molecular weight excluding hydrogens is 210 g/mol. The van der Waals surface area contributed by atoms with Crippen LogP contribution in [0.5, 0.6) is 0 Å². The minimum Gasteiger partial charge on any atom is -0.370 e. The third-order valence-electron chi connectivity index (χ3n) is 2.59. The van der Waals surface area contributed by atoms with Crippen LogP contribution >= 0.6 is 0 Å². The van der Waals surface area contributed by atoms with Crippen molar-refractivity contribution >= 4 is 5.82 Å². The van der Waals surface area contributed by atoms with Gasteiger partial charge in [-0.2, -0.15) is 0 Å². The lowest BCUT2D eigenvalue weighted by Crippen LogP contribution is -2.18. The Kier molecular flexibility index (Phi) is 4.94. The van der Waals surface area contributed by atoms with Crippen LogP contribution in [0.3, 0.4) is 0 Å². The Morgan fingerprint density at radius 3 is 2.35 bits per heavy atom. The van der Waals surface area contributed by atoms with Gasteiger partial charge < -0.3 is 10.6 Å². The molecule has 2 N–H and O–H groups in total. The maximum absolute atomic E-state index is 4.66. The normalized spacial score (nSPS) is 11.6. The first-order chi connectivity index (χ1) is 7.97. The van der Waals surface area contributed by atoms with Crippen molar-refractivity contribution in [3.63, 3.8) is 0 Å². The fraction of sp³-hybridized carbons (Fsp3) is 0.643. The molecule has 0 unspecified atom stereocenters. The van der Waals surface area contributed by atoms with Gasteiger partial charge in [-0.05, 0) is 31.2 Å². The monoisotopic (exact) mass is 235 g/mol. The molecule has 0 saturated carbocycles. The van der Waals surface area contributed by atoms with E-state index in [1.165, 1.54) is 5.56 Å². The zero-order valence-electron chi connectivity index (χ0n) is 11.7. The molecule has 3 nitrogen and oxygen atoms in total. The molecule has 0 aliphatic carbocycles. The number of rotatable bonds is 5. The second kappa shape index (κ2) is 6.01.